The number of nitrogens with zero attached hydrogens (tertiary/aromatic N) is 3. The number of nitrogens with one attached hydrogen (secondary N) is 1. The minimum Gasteiger partial charge on any atom is -0.354 e. The van der Waals surface area contributed by atoms with Gasteiger partial charge in [0.1, 0.15) is 18.4 Å². The van der Waals surface area contributed by atoms with Crippen molar-refractivity contribution in [3.63, 3.8) is 0 Å². The number of aryl methyl sites for hydroxylation is 1. The van der Waals surface area contributed by atoms with Crippen LogP contribution in [0, 0.1) is 18.7 Å². The van der Waals surface area contributed by atoms with Crippen LogP contribution in [0.2, 0.25) is 0 Å². The molecule has 2 amide bonds. The fourth-order valence-corrected chi connectivity index (χ4v) is 4.61. The third-order valence-electron chi connectivity index (χ3n) is 5.68. The molecule has 36 heavy (non-hydrogen) atoms. The first-order chi connectivity index (χ1) is 16.9. The summed E-state index contributed by atoms with van der Waals surface area (Å²) in [6.45, 7) is 7.75. The molecule has 0 spiro atoms. The van der Waals surface area contributed by atoms with Gasteiger partial charge in [-0.1, -0.05) is 50.6 Å². The van der Waals surface area contributed by atoms with Gasteiger partial charge in [-0.2, -0.15) is 12.7 Å². The highest BCUT2D eigenvalue weighted by atomic mass is 32.2. The minimum atomic E-state index is -4.09. The van der Waals surface area contributed by atoms with Crippen molar-refractivity contribution >= 4 is 27.7 Å². The zero-order chi connectivity index (χ0) is 27.0. The molecule has 0 fully saturated rings. The van der Waals surface area contributed by atoms with E-state index in [1.165, 1.54) is 31.1 Å². The van der Waals surface area contributed by atoms with E-state index in [0.717, 1.165) is 31.9 Å². The second kappa shape index (κ2) is 12.8. The summed E-state index contributed by atoms with van der Waals surface area (Å²) in [5, 5.41) is 2.89. The molecule has 0 saturated heterocycles. The van der Waals surface area contributed by atoms with Crippen molar-refractivity contribution in [1.82, 2.24) is 14.5 Å². The maximum atomic E-state index is 13.7. The lowest BCUT2D eigenvalue weighted by Gasteiger charge is -2.34. The molecule has 8 nitrogen and oxygen atoms in total. The standard InChI is InChI=1S/C26H37FN4O4S/c1-7-24(26(33)28-16-19(2)3)30(17-21-10-8-20(4)9-11-21)25(32)18-31(36(34,35)29(5)6)23-14-12-22(27)13-15-23/h8-15,19,24H,7,16-18H2,1-6H3,(H,28,33)/t24-/m1/s1. The molecule has 0 aliphatic heterocycles. The van der Waals surface area contributed by atoms with Crippen LogP contribution in [0.3, 0.4) is 0 Å². The van der Waals surface area contributed by atoms with Crippen LogP contribution in [0.1, 0.15) is 38.3 Å². The zero-order valence-electron chi connectivity index (χ0n) is 21.9. The van der Waals surface area contributed by atoms with E-state index in [-0.39, 0.29) is 24.1 Å². The number of hydrogen-bond donors (Lipinski definition) is 1. The van der Waals surface area contributed by atoms with Gasteiger partial charge in [0, 0.05) is 27.2 Å². The second-order valence-electron chi connectivity index (χ2n) is 9.34. The highest BCUT2D eigenvalue weighted by Crippen LogP contribution is 2.22. The van der Waals surface area contributed by atoms with Gasteiger partial charge in [0.2, 0.25) is 11.8 Å². The number of amides is 2. The fraction of sp³-hybridized carbons (Fsp3) is 0.462. The van der Waals surface area contributed by atoms with Crippen LogP contribution in [0.25, 0.3) is 0 Å². The summed E-state index contributed by atoms with van der Waals surface area (Å²) in [5.74, 6) is -1.14. The van der Waals surface area contributed by atoms with Gasteiger partial charge in [-0.25, -0.2) is 8.70 Å². The van der Waals surface area contributed by atoms with Crippen molar-refractivity contribution in [3.8, 4) is 0 Å². The summed E-state index contributed by atoms with van der Waals surface area (Å²) in [6, 6.07) is 11.7. The summed E-state index contributed by atoms with van der Waals surface area (Å²) < 4.78 is 41.7. The molecule has 0 aliphatic carbocycles. The van der Waals surface area contributed by atoms with Crippen molar-refractivity contribution in [2.24, 2.45) is 5.92 Å². The monoisotopic (exact) mass is 520 g/mol. The maximum absolute atomic E-state index is 13.7. The summed E-state index contributed by atoms with van der Waals surface area (Å²) in [4.78, 5) is 28.2. The van der Waals surface area contributed by atoms with Crippen LogP contribution in [0.5, 0.6) is 0 Å². The molecule has 0 aliphatic rings. The number of anilines is 1. The van der Waals surface area contributed by atoms with E-state index in [9.17, 15) is 22.4 Å². The van der Waals surface area contributed by atoms with E-state index in [0.29, 0.717) is 13.0 Å². The first-order valence-corrected chi connectivity index (χ1v) is 13.3. The third-order valence-corrected chi connectivity index (χ3v) is 7.50. The number of halogens is 1. The Kier molecular flexibility index (Phi) is 10.4. The maximum Gasteiger partial charge on any atom is 0.304 e. The van der Waals surface area contributed by atoms with Crippen molar-refractivity contribution in [3.05, 3.63) is 65.5 Å². The van der Waals surface area contributed by atoms with E-state index in [1.807, 2.05) is 52.0 Å². The predicted octanol–water partition coefficient (Wildman–Crippen LogP) is 3.33. The first-order valence-electron chi connectivity index (χ1n) is 11.9. The van der Waals surface area contributed by atoms with E-state index in [2.05, 4.69) is 5.32 Å². The lowest BCUT2D eigenvalue weighted by Crippen LogP contribution is -2.53. The van der Waals surface area contributed by atoms with Crippen LogP contribution in [-0.2, 0) is 26.3 Å². The van der Waals surface area contributed by atoms with Crippen LogP contribution in [0.15, 0.2) is 48.5 Å². The molecule has 2 aromatic rings. The van der Waals surface area contributed by atoms with Crippen LogP contribution in [-0.4, -0.2) is 62.7 Å². The molecule has 0 aromatic heterocycles. The van der Waals surface area contributed by atoms with Crippen LogP contribution >= 0.6 is 0 Å². The Morgan fingerprint density at radius 2 is 1.58 bits per heavy atom. The van der Waals surface area contributed by atoms with Crippen LogP contribution < -0.4 is 9.62 Å². The topological polar surface area (TPSA) is 90.0 Å². The summed E-state index contributed by atoms with van der Waals surface area (Å²) in [6.07, 6.45) is 0.346. The van der Waals surface area contributed by atoms with Crippen molar-refractivity contribution in [2.45, 2.75) is 46.7 Å². The summed E-state index contributed by atoms with van der Waals surface area (Å²) in [5.41, 5.74) is 2.01. The van der Waals surface area contributed by atoms with Gasteiger partial charge in [-0.3, -0.25) is 9.59 Å². The minimum absolute atomic E-state index is 0.131. The van der Waals surface area contributed by atoms with Gasteiger partial charge in [0.25, 0.3) is 0 Å². The van der Waals surface area contributed by atoms with E-state index >= 15 is 0 Å². The third kappa shape index (κ3) is 7.76. The van der Waals surface area contributed by atoms with E-state index in [4.69, 9.17) is 0 Å². The zero-order valence-corrected chi connectivity index (χ0v) is 22.7. The van der Waals surface area contributed by atoms with Crippen molar-refractivity contribution in [1.29, 1.82) is 0 Å². The number of benzene rings is 2. The SMILES string of the molecule is CC[C@H](C(=O)NCC(C)C)N(Cc1ccc(C)cc1)C(=O)CN(c1ccc(F)cc1)S(=O)(=O)N(C)C. The normalized spacial score (nSPS) is 12.5. The highest BCUT2D eigenvalue weighted by Gasteiger charge is 2.33. The largest absolute Gasteiger partial charge is 0.354 e. The molecular formula is C26H37FN4O4S. The molecule has 0 bridgehead atoms. The van der Waals surface area contributed by atoms with E-state index in [1.54, 1.807) is 0 Å². The van der Waals surface area contributed by atoms with Crippen LogP contribution in [0.4, 0.5) is 10.1 Å². The predicted molar refractivity (Wildman–Crippen MR) is 140 cm³/mol. The van der Waals surface area contributed by atoms with Gasteiger partial charge in [0.05, 0.1) is 5.69 Å². The number of rotatable bonds is 12. The Bertz CT molecular complexity index is 1120. The Labute approximate surface area is 214 Å². The first kappa shape index (κ1) is 29.3. The molecular weight excluding hydrogens is 483 g/mol. The Hall–Kier alpha value is -2.98. The lowest BCUT2D eigenvalue weighted by molar-refractivity contribution is -0.140. The average Bonchev–Trinajstić information content (AvgIpc) is 2.82. The highest BCUT2D eigenvalue weighted by molar-refractivity contribution is 7.90. The van der Waals surface area contributed by atoms with Crippen molar-refractivity contribution < 1.29 is 22.4 Å². The number of carbonyl (C=O) groups is 2. The Morgan fingerprint density at radius 1 is 1.00 bits per heavy atom. The second-order valence-corrected chi connectivity index (χ2v) is 11.4. The molecule has 0 unspecified atom stereocenters. The molecule has 1 N–H and O–H groups in total. The Morgan fingerprint density at radius 3 is 2.08 bits per heavy atom. The van der Waals surface area contributed by atoms with Gasteiger partial charge >= 0.3 is 10.2 Å². The molecule has 0 saturated carbocycles. The van der Waals surface area contributed by atoms with Gasteiger partial charge in [-0.15, -0.1) is 0 Å². The van der Waals surface area contributed by atoms with Gasteiger partial charge in [-0.05, 0) is 49.1 Å². The lowest BCUT2D eigenvalue weighted by atomic mass is 10.1. The number of carbonyl (C=O) groups excluding carboxylic acids is 2. The molecule has 2 aromatic carbocycles. The molecule has 0 heterocycles. The summed E-state index contributed by atoms with van der Waals surface area (Å²) in [7, 11) is -1.38. The molecule has 2 rings (SSSR count). The smallest absolute Gasteiger partial charge is 0.304 e. The molecule has 0 radical (unpaired) electrons. The van der Waals surface area contributed by atoms with Gasteiger partial charge < -0.3 is 10.2 Å². The summed E-state index contributed by atoms with van der Waals surface area (Å²) >= 11 is 0. The van der Waals surface area contributed by atoms with Crippen molar-refractivity contribution in [2.75, 3.05) is 31.5 Å². The Balaban J connectivity index is 2.46. The number of hydrogen-bond acceptors (Lipinski definition) is 4. The van der Waals surface area contributed by atoms with E-state index < -0.39 is 34.5 Å². The molecule has 198 valence electrons. The molecule has 1 atom stereocenters. The van der Waals surface area contributed by atoms with Gasteiger partial charge in [0.15, 0.2) is 0 Å². The molecule has 10 heteroatoms. The fourth-order valence-electron chi connectivity index (χ4n) is 3.56. The average molecular weight is 521 g/mol. The quantitative estimate of drug-likeness (QED) is 0.465.